The van der Waals surface area contributed by atoms with Crippen LogP contribution in [0.1, 0.15) is 12.5 Å². The highest BCUT2D eigenvalue weighted by Crippen LogP contribution is 2.28. The highest BCUT2D eigenvalue weighted by Gasteiger charge is 2.17. The normalized spacial score (nSPS) is 10.6. The molecule has 0 unspecified atom stereocenters. The van der Waals surface area contributed by atoms with Gasteiger partial charge in [-0.3, -0.25) is 4.79 Å². The van der Waals surface area contributed by atoms with Crippen LogP contribution in [0.3, 0.4) is 0 Å². The van der Waals surface area contributed by atoms with E-state index in [0.29, 0.717) is 11.6 Å². The average molecular weight is 443 g/mol. The lowest BCUT2D eigenvalue weighted by atomic mass is 10.0. The summed E-state index contributed by atoms with van der Waals surface area (Å²) in [5.41, 5.74) is 3.56. The van der Waals surface area contributed by atoms with Crippen LogP contribution in [0.25, 0.3) is 22.2 Å². The van der Waals surface area contributed by atoms with Crippen LogP contribution in [-0.2, 0) is 9.53 Å². The number of fused-ring (bicyclic) bond motifs is 1. The van der Waals surface area contributed by atoms with Gasteiger partial charge in [-0.25, -0.2) is 4.98 Å². The lowest BCUT2D eigenvalue weighted by molar-refractivity contribution is -0.143. The van der Waals surface area contributed by atoms with E-state index in [-0.39, 0.29) is 12.5 Å². The molecule has 0 saturated carbocycles. The molecule has 138 valence electrons. The maximum Gasteiger partial charge on any atom is 0.325 e. The van der Waals surface area contributed by atoms with Gasteiger partial charge in [0.15, 0.2) is 0 Å². The third kappa shape index (κ3) is 4.51. The largest absolute Gasteiger partial charge is 0.465 e. The molecule has 0 radical (unpaired) electrons. The fourth-order valence-electron chi connectivity index (χ4n) is 2.81. The van der Waals surface area contributed by atoms with Gasteiger partial charge in [0.1, 0.15) is 11.5 Å². The number of likely N-dealkylation sites (N-methyl/N-ethyl adjacent to an activating group) is 1. The van der Waals surface area contributed by atoms with Crippen molar-refractivity contribution in [1.29, 1.82) is 0 Å². The summed E-state index contributed by atoms with van der Waals surface area (Å²) < 4.78 is 5.98. The molecule has 0 spiro atoms. The summed E-state index contributed by atoms with van der Waals surface area (Å²) in [6.45, 7) is 2.24. The fourth-order valence-corrected chi connectivity index (χ4v) is 3.40. The standard InChI is InChI=1S/C21H19BrN2O2S/c1-3-26-20(25)13-24(2)21(27)17-12-19(14-7-5-4-6-8-14)23-18-10-9-15(22)11-16(17)18/h4-12H,3,13H2,1-2H3. The first-order chi connectivity index (χ1) is 13.0. The van der Waals surface area contributed by atoms with Crippen LogP contribution in [0.4, 0.5) is 0 Å². The summed E-state index contributed by atoms with van der Waals surface area (Å²) >= 11 is 9.22. The molecule has 0 fully saturated rings. The Morgan fingerprint density at radius 1 is 1.19 bits per heavy atom. The van der Waals surface area contributed by atoms with Crippen molar-refractivity contribution >= 4 is 50.0 Å². The maximum absolute atomic E-state index is 11.9. The lowest BCUT2D eigenvalue weighted by Gasteiger charge is -2.21. The van der Waals surface area contributed by atoms with E-state index in [4.69, 9.17) is 21.9 Å². The Bertz CT molecular complexity index is 992. The van der Waals surface area contributed by atoms with Gasteiger partial charge in [-0.15, -0.1) is 0 Å². The molecular weight excluding hydrogens is 424 g/mol. The van der Waals surface area contributed by atoms with E-state index < -0.39 is 0 Å². The Morgan fingerprint density at radius 3 is 2.63 bits per heavy atom. The smallest absolute Gasteiger partial charge is 0.325 e. The summed E-state index contributed by atoms with van der Waals surface area (Å²) in [6.07, 6.45) is 0. The van der Waals surface area contributed by atoms with E-state index in [2.05, 4.69) is 15.9 Å². The Kier molecular flexibility index (Phi) is 6.19. The van der Waals surface area contributed by atoms with Crippen LogP contribution < -0.4 is 0 Å². The average Bonchev–Trinajstić information content (AvgIpc) is 2.67. The monoisotopic (exact) mass is 442 g/mol. The number of halogens is 1. The number of hydrogen-bond acceptors (Lipinski definition) is 4. The maximum atomic E-state index is 11.9. The van der Waals surface area contributed by atoms with Crippen molar-refractivity contribution in [3.63, 3.8) is 0 Å². The first kappa shape index (κ1) is 19.5. The van der Waals surface area contributed by atoms with Crippen LogP contribution in [0.5, 0.6) is 0 Å². The van der Waals surface area contributed by atoms with Crippen molar-refractivity contribution in [2.45, 2.75) is 6.92 Å². The predicted molar refractivity (Wildman–Crippen MR) is 116 cm³/mol. The van der Waals surface area contributed by atoms with Gasteiger partial charge in [-0.2, -0.15) is 0 Å². The molecule has 3 rings (SSSR count). The predicted octanol–water partition coefficient (Wildman–Crippen LogP) is 4.83. The second kappa shape index (κ2) is 8.59. The third-order valence-corrected chi connectivity index (χ3v) is 5.11. The number of carbonyl (C=O) groups is 1. The molecule has 0 aliphatic carbocycles. The zero-order valence-corrected chi connectivity index (χ0v) is 17.5. The van der Waals surface area contributed by atoms with Crippen molar-refractivity contribution in [2.24, 2.45) is 0 Å². The summed E-state index contributed by atoms with van der Waals surface area (Å²) in [6, 6.07) is 17.9. The number of carbonyl (C=O) groups excluding carboxylic acids is 1. The van der Waals surface area contributed by atoms with Gasteiger partial charge in [0.2, 0.25) is 0 Å². The van der Waals surface area contributed by atoms with Crippen LogP contribution in [0, 0.1) is 0 Å². The van der Waals surface area contributed by atoms with Gasteiger partial charge in [0.25, 0.3) is 0 Å². The van der Waals surface area contributed by atoms with Gasteiger partial charge >= 0.3 is 5.97 Å². The van der Waals surface area contributed by atoms with Gasteiger partial charge in [-0.1, -0.05) is 58.5 Å². The first-order valence-corrected chi connectivity index (χ1v) is 9.76. The number of nitrogens with zero attached hydrogens (tertiary/aromatic N) is 2. The number of pyridine rings is 1. The van der Waals surface area contributed by atoms with E-state index >= 15 is 0 Å². The Morgan fingerprint density at radius 2 is 1.93 bits per heavy atom. The number of hydrogen-bond donors (Lipinski definition) is 0. The minimum Gasteiger partial charge on any atom is -0.465 e. The summed E-state index contributed by atoms with van der Waals surface area (Å²) in [5.74, 6) is -0.301. The van der Waals surface area contributed by atoms with Crippen LogP contribution in [0.15, 0.2) is 59.1 Å². The molecule has 2 aromatic carbocycles. The van der Waals surface area contributed by atoms with E-state index in [1.54, 1.807) is 18.9 Å². The molecule has 6 heteroatoms. The van der Waals surface area contributed by atoms with Crippen LogP contribution in [-0.4, -0.2) is 41.0 Å². The molecule has 1 aromatic heterocycles. The second-order valence-corrected chi connectivity index (χ2v) is 7.35. The molecule has 4 nitrogen and oxygen atoms in total. The zero-order valence-electron chi connectivity index (χ0n) is 15.1. The van der Waals surface area contributed by atoms with Gasteiger partial charge in [-0.05, 0) is 31.2 Å². The molecule has 0 aliphatic rings. The van der Waals surface area contributed by atoms with Gasteiger partial charge in [0.05, 0.1) is 17.8 Å². The molecule has 0 saturated heterocycles. The molecule has 0 aliphatic heterocycles. The van der Waals surface area contributed by atoms with Crippen molar-refractivity contribution in [3.05, 3.63) is 64.6 Å². The Balaban J connectivity index is 2.08. The molecule has 0 amide bonds. The number of ether oxygens (including phenoxy) is 1. The summed E-state index contributed by atoms with van der Waals surface area (Å²) in [7, 11) is 1.80. The number of esters is 1. The minimum atomic E-state index is -0.301. The molecule has 0 N–H and O–H groups in total. The second-order valence-electron chi connectivity index (χ2n) is 6.05. The molecule has 1 heterocycles. The molecule has 0 atom stereocenters. The van der Waals surface area contributed by atoms with E-state index in [9.17, 15) is 4.79 Å². The van der Waals surface area contributed by atoms with E-state index in [1.807, 2.05) is 54.6 Å². The highest BCUT2D eigenvalue weighted by atomic mass is 79.9. The van der Waals surface area contributed by atoms with Crippen molar-refractivity contribution < 1.29 is 9.53 Å². The van der Waals surface area contributed by atoms with Crippen LogP contribution >= 0.6 is 28.1 Å². The summed E-state index contributed by atoms with van der Waals surface area (Å²) in [5, 5.41) is 0.935. The van der Waals surface area contributed by atoms with E-state index in [1.165, 1.54) is 0 Å². The SMILES string of the molecule is CCOC(=O)CN(C)C(=S)c1cc(-c2ccccc2)nc2ccc(Br)cc12. The third-order valence-electron chi connectivity index (χ3n) is 4.09. The highest BCUT2D eigenvalue weighted by molar-refractivity contribution is 9.10. The zero-order chi connectivity index (χ0) is 19.4. The topological polar surface area (TPSA) is 42.4 Å². The van der Waals surface area contributed by atoms with E-state index in [0.717, 1.165) is 32.2 Å². The molecule has 3 aromatic rings. The number of aromatic nitrogens is 1. The molecular formula is C21H19BrN2O2S. The lowest BCUT2D eigenvalue weighted by Crippen LogP contribution is -2.32. The van der Waals surface area contributed by atoms with Crippen molar-refractivity contribution in [3.8, 4) is 11.3 Å². The summed E-state index contributed by atoms with van der Waals surface area (Å²) in [4.78, 5) is 18.9. The van der Waals surface area contributed by atoms with Crippen molar-refractivity contribution in [2.75, 3.05) is 20.2 Å². The van der Waals surface area contributed by atoms with Gasteiger partial charge < -0.3 is 9.64 Å². The molecule has 0 bridgehead atoms. The first-order valence-electron chi connectivity index (χ1n) is 8.56. The molecule has 27 heavy (non-hydrogen) atoms. The number of benzene rings is 2. The van der Waals surface area contributed by atoms with Crippen molar-refractivity contribution in [1.82, 2.24) is 9.88 Å². The minimum absolute atomic E-state index is 0.102. The number of rotatable bonds is 5. The van der Waals surface area contributed by atoms with Crippen LogP contribution in [0.2, 0.25) is 0 Å². The van der Waals surface area contributed by atoms with Gasteiger partial charge in [0, 0.05) is 28.0 Å². The Hall–Kier alpha value is -2.31. The number of thiocarbonyl (C=S) groups is 1. The quantitative estimate of drug-likeness (QED) is 0.417. The fraction of sp³-hybridized carbons (Fsp3) is 0.190. The Labute approximate surface area is 172 Å².